The summed E-state index contributed by atoms with van der Waals surface area (Å²) in [5.74, 6) is 2.43. The van der Waals surface area contributed by atoms with Gasteiger partial charge >= 0.3 is 0 Å². The lowest BCUT2D eigenvalue weighted by Crippen LogP contribution is -2.03. The largest absolute Gasteiger partial charge is 0.497 e. The van der Waals surface area contributed by atoms with E-state index >= 15 is 0 Å². The molecule has 0 amide bonds. The average Bonchev–Trinajstić information content (AvgIpc) is 3.11. The van der Waals surface area contributed by atoms with E-state index in [4.69, 9.17) is 14.5 Å². The van der Waals surface area contributed by atoms with Crippen molar-refractivity contribution in [2.75, 3.05) is 19.5 Å². The predicted molar refractivity (Wildman–Crippen MR) is 108 cm³/mol. The Kier molecular flexibility index (Phi) is 4.66. The van der Waals surface area contributed by atoms with E-state index in [2.05, 4.69) is 21.9 Å². The van der Waals surface area contributed by atoms with Gasteiger partial charge in [-0.15, -0.1) is 0 Å². The van der Waals surface area contributed by atoms with Gasteiger partial charge in [-0.05, 0) is 35.9 Å². The van der Waals surface area contributed by atoms with Crippen LogP contribution < -0.4 is 14.8 Å². The van der Waals surface area contributed by atoms with E-state index in [1.54, 1.807) is 14.2 Å². The zero-order valence-electron chi connectivity index (χ0n) is 15.3. The van der Waals surface area contributed by atoms with Crippen molar-refractivity contribution >= 4 is 11.5 Å². The van der Waals surface area contributed by atoms with Gasteiger partial charge in [-0.3, -0.25) is 4.40 Å². The standard InChI is InChI=1S/C22H21N3O2/c1-26-17-11-12-19(27-2)18(14-17)21-22(23-15-16-8-4-3-5-9-16)25-13-7-6-10-20(25)24-21/h3-14,23H,15H2,1-2H3. The lowest BCUT2D eigenvalue weighted by atomic mass is 10.1. The normalized spacial score (nSPS) is 10.7. The van der Waals surface area contributed by atoms with E-state index in [1.165, 1.54) is 5.56 Å². The predicted octanol–water partition coefficient (Wildman–Crippen LogP) is 4.63. The fourth-order valence-electron chi connectivity index (χ4n) is 3.13. The molecule has 4 aromatic rings. The van der Waals surface area contributed by atoms with Crippen molar-refractivity contribution in [3.63, 3.8) is 0 Å². The summed E-state index contributed by atoms with van der Waals surface area (Å²) in [5, 5.41) is 3.54. The number of ether oxygens (including phenoxy) is 2. The molecule has 5 nitrogen and oxygen atoms in total. The van der Waals surface area contributed by atoms with Gasteiger partial charge in [0.05, 0.1) is 14.2 Å². The second kappa shape index (κ2) is 7.41. The summed E-state index contributed by atoms with van der Waals surface area (Å²) in [5.41, 5.74) is 3.78. The van der Waals surface area contributed by atoms with Crippen LogP contribution in [0.5, 0.6) is 11.5 Å². The molecular weight excluding hydrogens is 338 g/mol. The van der Waals surface area contributed by atoms with Gasteiger partial charge < -0.3 is 14.8 Å². The number of nitrogens with one attached hydrogen (secondary N) is 1. The van der Waals surface area contributed by atoms with Crippen LogP contribution in [0.15, 0.2) is 72.9 Å². The van der Waals surface area contributed by atoms with Crippen LogP contribution >= 0.6 is 0 Å². The van der Waals surface area contributed by atoms with Crippen molar-refractivity contribution in [2.45, 2.75) is 6.54 Å². The molecule has 0 radical (unpaired) electrons. The van der Waals surface area contributed by atoms with Gasteiger partial charge in [0, 0.05) is 18.3 Å². The summed E-state index contributed by atoms with van der Waals surface area (Å²) in [6.07, 6.45) is 2.01. The number of hydrogen-bond acceptors (Lipinski definition) is 4. The van der Waals surface area contributed by atoms with E-state index in [0.717, 1.165) is 34.2 Å². The molecule has 2 aromatic heterocycles. The van der Waals surface area contributed by atoms with Crippen LogP contribution in [-0.4, -0.2) is 23.6 Å². The lowest BCUT2D eigenvalue weighted by Gasteiger charge is -2.12. The number of anilines is 1. The summed E-state index contributed by atoms with van der Waals surface area (Å²) in [6.45, 7) is 0.697. The first-order valence-electron chi connectivity index (χ1n) is 8.77. The minimum absolute atomic E-state index is 0.697. The number of hydrogen-bond donors (Lipinski definition) is 1. The van der Waals surface area contributed by atoms with E-state index < -0.39 is 0 Å². The van der Waals surface area contributed by atoms with Crippen LogP contribution in [0.25, 0.3) is 16.9 Å². The van der Waals surface area contributed by atoms with Crippen LogP contribution in [0.3, 0.4) is 0 Å². The second-order valence-corrected chi connectivity index (χ2v) is 6.14. The first kappa shape index (κ1) is 17.0. The van der Waals surface area contributed by atoms with Gasteiger partial charge in [0.25, 0.3) is 0 Å². The van der Waals surface area contributed by atoms with Gasteiger partial charge in [0.2, 0.25) is 0 Å². The molecular formula is C22H21N3O2. The number of methoxy groups -OCH3 is 2. The van der Waals surface area contributed by atoms with Crippen molar-refractivity contribution in [3.8, 4) is 22.8 Å². The molecule has 2 aromatic carbocycles. The Morgan fingerprint density at radius 1 is 0.926 bits per heavy atom. The summed E-state index contributed by atoms with van der Waals surface area (Å²) in [4.78, 5) is 4.84. The molecule has 0 unspecified atom stereocenters. The highest BCUT2D eigenvalue weighted by Crippen LogP contribution is 2.37. The highest BCUT2D eigenvalue weighted by molar-refractivity contribution is 5.81. The Morgan fingerprint density at radius 3 is 2.52 bits per heavy atom. The van der Waals surface area contributed by atoms with E-state index in [1.807, 2.05) is 60.8 Å². The average molecular weight is 359 g/mol. The van der Waals surface area contributed by atoms with Crippen molar-refractivity contribution in [1.29, 1.82) is 0 Å². The summed E-state index contributed by atoms with van der Waals surface area (Å²) < 4.78 is 13.0. The monoisotopic (exact) mass is 359 g/mol. The van der Waals surface area contributed by atoms with Gasteiger partial charge in [-0.2, -0.15) is 0 Å². The fourth-order valence-corrected chi connectivity index (χ4v) is 3.13. The molecule has 4 rings (SSSR count). The highest BCUT2D eigenvalue weighted by atomic mass is 16.5. The Morgan fingerprint density at radius 2 is 1.74 bits per heavy atom. The molecule has 2 heterocycles. The number of aromatic nitrogens is 2. The van der Waals surface area contributed by atoms with E-state index in [0.29, 0.717) is 6.54 Å². The third kappa shape index (κ3) is 3.31. The van der Waals surface area contributed by atoms with Crippen LogP contribution in [0.4, 0.5) is 5.82 Å². The van der Waals surface area contributed by atoms with Crippen LogP contribution in [-0.2, 0) is 6.54 Å². The lowest BCUT2D eigenvalue weighted by molar-refractivity contribution is 0.404. The van der Waals surface area contributed by atoms with Gasteiger partial charge in [-0.1, -0.05) is 36.4 Å². The number of fused-ring (bicyclic) bond motifs is 1. The first-order valence-corrected chi connectivity index (χ1v) is 8.77. The van der Waals surface area contributed by atoms with Crippen LogP contribution in [0.1, 0.15) is 5.56 Å². The fraction of sp³-hybridized carbons (Fsp3) is 0.136. The topological polar surface area (TPSA) is 47.8 Å². The Labute approximate surface area is 158 Å². The third-order valence-electron chi connectivity index (χ3n) is 4.49. The van der Waals surface area contributed by atoms with E-state index in [9.17, 15) is 0 Å². The molecule has 0 aliphatic heterocycles. The zero-order valence-corrected chi connectivity index (χ0v) is 15.3. The van der Waals surface area contributed by atoms with Crippen molar-refractivity contribution in [2.24, 2.45) is 0 Å². The molecule has 0 saturated carbocycles. The molecule has 0 saturated heterocycles. The molecule has 0 aliphatic carbocycles. The smallest absolute Gasteiger partial charge is 0.139 e. The molecule has 0 aliphatic rings. The molecule has 5 heteroatoms. The molecule has 136 valence electrons. The second-order valence-electron chi connectivity index (χ2n) is 6.14. The maximum absolute atomic E-state index is 5.58. The maximum Gasteiger partial charge on any atom is 0.139 e. The molecule has 1 N–H and O–H groups in total. The number of pyridine rings is 1. The third-order valence-corrected chi connectivity index (χ3v) is 4.49. The van der Waals surface area contributed by atoms with Crippen molar-refractivity contribution < 1.29 is 9.47 Å². The summed E-state index contributed by atoms with van der Waals surface area (Å²) >= 11 is 0. The minimum atomic E-state index is 0.697. The molecule has 0 bridgehead atoms. The van der Waals surface area contributed by atoms with Crippen molar-refractivity contribution in [3.05, 3.63) is 78.5 Å². The Hall–Kier alpha value is -3.47. The molecule has 0 atom stereocenters. The first-order chi connectivity index (χ1) is 13.3. The number of rotatable bonds is 6. The quantitative estimate of drug-likeness (QED) is 0.545. The molecule has 27 heavy (non-hydrogen) atoms. The highest BCUT2D eigenvalue weighted by Gasteiger charge is 2.18. The molecule has 0 fully saturated rings. The van der Waals surface area contributed by atoms with Gasteiger partial charge in [0.15, 0.2) is 0 Å². The summed E-state index contributed by atoms with van der Waals surface area (Å²) in [7, 11) is 3.32. The Balaban J connectivity index is 1.83. The summed E-state index contributed by atoms with van der Waals surface area (Å²) in [6, 6.07) is 22.0. The van der Waals surface area contributed by atoms with Gasteiger partial charge in [-0.25, -0.2) is 4.98 Å². The Bertz CT molecular complexity index is 1060. The zero-order chi connectivity index (χ0) is 18.6. The number of nitrogens with zero attached hydrogens (tertiary/aromatic N) is 2. The van der Waals surface area contributed by atoms with Crippen LogP contribution in [0, 0.1) is 0 Å². The van der Waals surface area contributed by atoms with Crippen molar-refractivity contribution in [1.82, 2.24) is 9.38 Å². The molecule has 0 spiro atoms. The van der Waals surface area contributed by atoms with E-state index in [-0.39, 0.29) is 0 Å². The maximum atomic E-state index is 5.58. The van der Waals surface area contributed by atoms with Gasteiger partial charge in [0.1, 0.15) is 28.7 Å². The number of benzene rings is 2. The minimum Gasteiger partial charge on any atom is -0.497 e. The number of imidazole rings is 1. The van der Waals surface area contributed by atoms with Crippen LogP contribution in [0.2, 0.25) is 0 Å². The SMILES string of the molecule is COc1ccc(OC)c(-c2nc3ccccn3c2NCc2ccccc2)c1.